The van der Waals surface area contributed by atoms with Gasteiger partial charge in [0.1, 0.15) is 12.9 Å². The Hall–Kier alpha value is -3.22. The molecule has 1 aliphatic carbocycles. The van der Waals surface area contributed by atoms with Crippen LogP contribution in [0.2, 0.25) is 0 Å². The van der Waals surface area contributed by atoms with Gasteiger partial charge in [-0.25, -0.2) is 0 Å². The minimum Gasteiger partial charge on any atom is -0.406 e. The minimum absolute atomic E-state index is 0.0296. The van der Waals surface area contributed by atoms with E-state index in [1.165, 1.54) is 24.8 Å². The number of hydrogen-bond donors (Lipinski definition) is 0. The normalized spacial score (nSPS) is 17.5. The van der Waals surface area contributed by atoms with Crippen LogP contribution in [0, 0.1) is 5.92 Å². The summed E-state index contributed by atoms with van der Waals surface area (Å²) >= 11 is 0. The van der Waals surface area contributed by atoms with E-state index in [-0.39, 0.29) is 11.2 Å². The van der Waals surface area contributed by atoms with Crippen molar-refractivity contribution >= 4 is 5.71 Å². The van der Waals surface area contributed by atoms with Crippen molar-refractivity contribution in [3.05, 3.63) is 71.4 Å². The molecule has 1 atom stereocenters. The first-order chi connectivity index (χ1) is 16.0. The first-order valence-electron chi connectivity index (χ1n) is 11.3. The Morgan fingerprint density at radius 2 is 1.59 bits per heavy atom. The molecule has 7 heteroatoms. The zero-order chi connectivity index (χ0) is 24.7. The zero-order valence-corrected chi connectivity index (χ0v) is 20.0. The molecular formula is C27H29F3N2O2. The Bertz CT molecular complexity index is 1180. The standard InChI is InChI=1S/C27H29F3N2O2/c1-17-14-23(31-33-5)22-16-24(18-6-8-19(9-7-18)26(2,3)4)32(25(22)15-17)20-10-12-21(13-11-20)34-27(28,29)30/h6-13,16-17H,14-15H2,1-5H3. The molecule has 4 rings (SSSR count). The molecule has 180 valence electrons. The summed E-state index contributed by atoms with van der Waals surface area (Å²) in [7, 11) is 1.54. The first kappa shape index (κ1) is 23.9. The number of benzene rings is 2. The van der Waals surface area contributed by atoms with Crippen LogP contribution in [0.5, 0.6) is 5.75 Å². The second-order valence-corrected chi connectivity index (χ2v) is 9.83. The topological polar surface area (TPSA) is 35.8 Å². The van der Waals surface area contributed by atoms with Crippen LogP contribution in [-0.4, -0.2) is 23.8 Å². The smallest absolute Gasteiger partial charge is 0.406 e. The second-order valence-electron chi connectivity index (χ2n) is 9.83. The molecule has 3 aromatic rings. The first-order valence-corrected chi connectivity index (χ1v) is 11.3. The Morgan fingerprint density at radius 1 is 0.941 bits per heavy atom. The summed E-state index contributed by atoms with van der Waals surface area (Å²) in [6.45, 7) is 8.66. The number of aromatic nitrogens is 1. The summed E-state index contributed by atoms with van der Waals surface area (Å²) in [6, 6.07) is 16.5. The molecular weight excluding hydrogens is 441 g/mol. The van der Waals surface area contributed by atoms with Gasteiger partial charge in [0.05, 0.1) is 11.4 Å². The van der Waals surface area contributed by atoms with Crippen molar-refractivity contribution in [3.8, 4) is 22.7 Å². The van der Waals surface area contributed by atoms with E-state index < -0.39 is 6.36 Å². The van der Waals surface area contributed by atoms with Crippen molar-refractivity contribution in [2.45, 2.75) is 52.3 Å². The molecule has 0 saturated heterocycles. The number of alkyl halides is 3. The van der Waals surface area contributed by atoms with Gasteiger partial charge in [0, 0.05) is 16.9 Å². The summed E-state index contributed by atoms with van der Waals surface area (Å²) in [4.78, 5) is 5.12. The van der Waals surface area contributed by atoms with Crippen molar-refractivity contribution in [1.82, 2.24) is 4.57 Å². The molecule has 2 aromatic carbocycles. The van der Waals surface area contributed by atoms with Crippen molar-refractivity contribution in [3.63, 3.8) is 0 Å². The quantitative estimate of drug-likeness (QED) is 0.376. The van der Waals surface area contributed by atoms with E-state index in [4.69, 9.17) is 4.84 Å². The maximum atomic E-state index is 12.6. The van der Waals surface area contributed by atoms with E-state index in [0.29, 0.717) is 5.92 Å². The summed E-state index contributed by atoms with van der Waals surface area (Å²) in [5.74, 6) is 0.0994. The highest BCUT2D eigenvalue weighted by Crippen LogP contribution is 2.37. The molecule has 0 saturated carbocycles. The highest BCUT2D eigenvalue weighted by atomic mass is 19.4. The van der Waals surface area contributed by atoms with E-state index >= 15 is 0 Å². The van der Waals surface area contributed by atoms with Crippen LogP contribution < -0.4 is 4.74 Å². The average molecular weight is 471 g/mol. The highest BCUT2D eigenvalue weighted by Gasteiger charge is 2.31. The molecule has 0 spiro atoms. The van der Waals surface area contributed by atoms with Gasteiger partial charge in [-0.15, -0.1) is 13.2 Å². The molecule has 0 N–H and O–H groups in total. The summed E-state index contributed by atoms with van der Waals surface area (Å²) in [5.41, 5.74) is 6.93. The number of ether oxygens (including phenoxy) is 1. The molecule has 1 aliphatic rings. The van der Waals surface area contributed by atoms with E-state index in [0.717, 1.165) is 46.8 Å². The molecule has 34 heavy (non-hydrogen) atoms. The average Bonchev–Trinajstić information content (AvgIpc) is 3.12. The fourth-order valence-corrected chi connectivity index (χ4v) is 4.49. The number of oxime groups is 1. The van der Waals surface area contributed by atoms with E-state index in [2.05, 4.69) is 72.5 Å². The van der Waals surface area contributed by atoms with Crippen molar-refractivity contribution < 1.29 is 22.7 Å². The van der Waals surface area contributed by atoms with Crippen molar-refractivity contribution in [2.75, 3.05) is 7.11 Å². The largest absolute Gasteiger partial charge is 0.573 e. The third-order valence-corrected chi connectivity index (χ3v) is 6.07. The lowest BCUT2D eigenvalue weighted by Crippen LogP contribution is -2.20. The van der Waals surface area contributed by atoms with Gasteiger partial charge in [0.25, 0.3) is 0 Å². The van der Waals surface area contributed by atoms with Crippen LogP contribution in [0.15, 0.2) is 59.8 Å². The third kappa shape index (κ3) is 4.98. The van der Waals surface area contributed by atoms with Crippen LogP contribution in [-0.2, 0) is 16.7 Å². The Morgan fingerprint density at radius 3 is 2.15 bits per heavy atom. The van der Waals surface area contributed by atoms with Crippen LogP contribution >= 0.6 is 0 Å². The number of nitrogens with zero attached hydrogens (tertiary/aromatic N) is 2. The lowest BCUT2D eigenvalue weighted by molar-refractivity contribution is -0.274. The van der Waals surface area contributed by atoms with Gasteiger partial charge in [-0.05, 0) is 65.6 Å². The number of rotatable bonds is 4. The minimum atomic E-state index is -4.73. The number of hydrogen-bond acceptors (Lipinski definition) is 3. The Kier molecular flexibility index (Phi) is 6.23. The van der Waals surface area contributed by atoms with Gasteiger partial charge < -0.3 is 14.1 Å². The fourth-order valence-electron chi connectivity index (χ4n) is 4.49. The maximum Gasteiger partial charge on any atom is 0.573 e. The molecule has 0 fully saturated rings. The van der Waals surface area contributed by atoms with Crippen LogP contribution in [0.1, 0.15) is 50.9 Å². The molecule has 0 bridgehead atoms. The molecule has 1 aromatic heterocycles. The molecule has 0 radical (unpaired) electrons. The SMILES string of the molecule is CON=C1CC(C)Cc2c1cc(-c1ccc(C(C)(C)C)cc1)n2-c1ccc(OC(F)(F)F)cc1. The van der Waals surface area contributed by atoms with Crippen molar-refractivity contribution in [1.29, 1.82) is 0 Å². The van der Waals surface area contributed by atoms with E-state index in [1.54, 1.807) is 12.1 Å². The zero-order valence-electron chi connectivity index (χ0n) is 20.0. The predicted octanol–water partition coefficient (Wildman–Crippen LogP) is 7.27. The summed E-state index contributed by atoms with van der Waals surface area (Å²) in [6.07, 6.45) is -3.11. The lowest BCUT2D eigenvalue weighted by atomic mass is 9.86. The molecule has 1 unspecified atom stereocenters. The highest BCUT2D eigenvalue weighted by molar-refractivity contribution is 6.03. The molecule has 0 amide bonds. The van der Waals surface area contributed by atoms with Gasteiger partial charge in [0.2, 0.25) is 0 Å². The number of fused-ring (bicyclic) bond motifs is 1. The molecule has 0 aliphatic heterocycles. The Labute approximate surface area is 198 Å². The fraction of sp³-hybridized carbons (Fsp3) is 0.370. The summed E-state index contributed by atoms with van der Waals surface area (Å²) in [5, 5.41) is 4.28. The monoisotopic (exact) mass is 470 g/mol. The van der Waals surface area contributed by atoms with Crippen LogP contribution in [0.3, 0.4) is 0 Å². The van der Waals surface area contributed by atoms with Gasteiger partial charge in [-0.1, -0.05) is 57.1 Å². The van der Waals surface area contributed by atoms with Gasteiger partial charge in [0.15, 0.2) is 0 Å². The van der Waals surface area contributed by atoms with Crippen LogP contribution in [0.4, 0.5) is 13.2 Å². The second kappa shape index (κ2) is 8.85. The van der Waals surface area contributed by atoms with E-state index in [1.807, 2.05) is 0 Å². The van der Waals surface area contributed by atoms with Crippen LogP contribution in [0.25, 0.3) is 16.9 Å². The predicted molar refractivity (Wildman–Crippen MR) is 128 cm³/mol. The van der Waals surface area contributed by atoms with Gasteiger partial charge >= 0.3 is 6.36 Å². The number of halogens is 3. The van der Waals surface area contributed by atoms with Gasteiger partial charge in [-0.2, -0.15) is 0 Å². The third-order valence-electron chi connectivity index (χ3n) is 6.07. The Balaban J connectivity index is 1.86. The summed E-state index contributed by atoms with van der Waals surface area (Å²) < 4.78 is 44.1. The van der Waals surface area contributed by atoms with Gasteiger partial charge in [-0.3, -0.25) is 0 Å². The molecule has 4 nitrogen and oxygen atoms in total. The van der Waals surface area contributed by atoms with Crippen molar-refractivity contribution in [2.24, 2.45) is 11.1 Å². The van der Waals surface area contributed by atoms with E-state index in [9.17, 15) is 13.2 Å². The lowest BCUT2D eigenvalue weighted by Gasteiger charge is -2.23. The maximum absolute atomic E-state index is 12.6. The molecule has 1 heterocycles.